The Morgan fingerprint density at radius 2 is 1.85 bits per heavy atom. The van der Waals surface area contributed by atoms with Gasteiger partial charge in [-0.25, -0.2) is 0 Å². The van der Waals surface area contributed by atoms with Crippen LogP contribution in [0.25, 0.3) is 21.8 Å². The van der Waals surface area contributed by atoms with Crippen molar-refractivity contribution in [1.29, 1.82) is 0 Å². The third-order valence-corrected chi connectivity index (χ3v) is 3.60. The molecule has 104 valence electrons. The topological polar surface area (TPSA) is 72.9 Å². The van der Waals surface area contributed by atoms with E-state index in [1.807, 2.05) is 17.4 Å². The fourth-order valence-corrected chi connectivity index (χ4v) is 2.54. The second-order valence-corrected chi connectivity index (χ2v) is 5.12. The van der Waals surface area contributed by atoms with Crippen LogP contribution in [0.3, 0.4) is 0 Å². The Balaban J connectivity index is 1.84. The van der Waals surface area contributed by atoms with E-state index in [1.54, 1.807) is 0 Å². The number of aromatic nitrogens is 1. The summed E-state index contributed by atoms with van der Waals surface area (Å²) in [6, 6.07) is 14.7. The number of H-pyrrole nitrogens is 1. The lowest BCUT2D eigenvalue weighted by Gasteiger charge is -2.06. The first kappa shape index (κ1) is 13.1. The van der Waals surface area contributed by atoms with Crippen molar-refractivity contribution in [3.8, 4) is 0 Å². The van der Waals surface area contributed by atoms with Crippen LogP contribution in [0.15, 0.2) is 42.5 Å². The molecule has 1 heterocycles. The average molecular weight is 271 g/mol. The minimum Gasteiger partial charge on any atom is -0.393 e. The van der Waals surface area contributed by atoms with Crippen LogP contribution < -0.4 is 5.32 Å². The second-order valence-electron chi connectivity index (χ2n) is 5.12. The van der Waals surface area contributed by atoms with Gasteiger partial charge in [-0.15, -0.1) is 0 Å². The van der Waals surface area contributed by atoms with Crippen LogP contribution in [-0.2, 0) is 6.54 Å². The van der Waals surface area contributed by atoms with Gasteiger partial charge >= 0.3 is 0 Å². The van der Waals surface area contributed by atoms with Gasteiger partial charge in [-0.05, 0) is 18.2 Å². The van der Waals surface area contributed by atoms with Gasteiger partial charge < -0.3 is 20.5 Å². The van der Waals surface area contributed by atoms with Crippen LogP contribution in [0.2, 0.25) is 0 Å². The molecule has 2 aromatic carbocycles. The molecule has 4 nitrogen and oxygen atoms in total. The predicted octanol–water partition coefficient (Wildman–Crippen LogP) is 0.738. The molecule has 5 N–H and O–H groups in total. The molecule has 1 atom stereocenters. The van der Waals surface area contributed by atoms with E-state index >= 15 is 0 Å². The highest BCUT2D eigenvalue weighted by atomic mass is 16.3. The zero-order chi connectivity index (χ0) is 13.9. The molecule has 1 aromatic heterocycles. The number of nitrogens with one attached hydrogen (secondary N) is 1. The smallest absolute Gasteiger partial charge is 0.126 e. The van der Waals surface area contributed by atoms with E-state index in [2.05, 4.69) is 35.3 Å². The summed E-state index contributed by atoms with van der Waals surface area (Å²) in [4.78, 5) is 3.41. The lowest BCUT2D eigenvalue weighted by atomic mass is 10.1. The maximum absolute atomic E-state index is 9.33. The Morgan fingerprint density at radius 3 is 2.70 bits per heavy atom. The number of aromatic amines is 1. The quantitative estimate of drug-likeness (QED) is 0.552. The number of benzene rings is 2. The Bertz CT molecular complexity index is 721. The molecule has 0 amide bonds. The number of aliphatic hydroxyl groups excluding tert-OH is 2. The summed E-state index contributed by atoms with van der Waals surface area (Å²) < 4.78 is 0. The molecular weight excluding hydrogens is 252 g/mol. The van der Waals surface area contributed by atoms with E-state index < -0.39 is 6.10 Å². The lowest BCUT2D eigenvalue weighted by Crippen LogP contribution is -2.85. The van der Waals surface area contributed by atoms with Crippen molar-refractivity contribution in [2.45, 2.75) is 12.6 Å². The molecule has 0 aliphatic heterocycles. The lowest BCUT2D eigenvalue weighted by molar-refractivity contribution is -0.676. The number of nitrogens with two attached hydrogens (primary N) is 1. The molecule has 0 saturated carbocycles. The van der Waals surface area contributed by atoms with Crippen molar-refractivity contribution in [2.75, 3.05) is 13.2 Å². The molecule has 4 heteroatoms. The van der Waals surface area contributed by atoms with Crippen molar-refractivity contribution in [3.63, 3.8) is 0 Å². The molecule has 0 saturated heterocycles. The van der Waals surface area contributed by atoms with Gasteiger partial charge in [0.25, 0.3) is 0 Å². The predicted molar refractivity (Wildman–Crippen MR) is 79.4 cm³/mol. The summed E-state index contributed by atoms with van der Waals surface area (Å²) in [5, 5.41) is 22.6. The third-order valence-electron chi connectivity index (χ3n) is 3.60. The number of hydrogen-bond donors (Lipinski definition) is 4. The first-order chi connectivity index (χ1) is 9.78. The SMILES string of the molecule is OC[C@H](O)C[NH2+]Cc1ccc2[nH]c3ccccc3c2c1. The van der Waals surface area contributed by atoms with E-state index in [9.17, 15) is 5.11 Å². The first-order valence-corrected chi connectivity index (χ1v) is 6.88. The van der Waals surface area contributed by atoms with Gasteiger partial charge in [0.05, 0.1) is 6.61 Å². The molecule has 0 radical (unpaired) electrons. The third kappa shape index (κ3) is 2.54. The van der Waals surface area contributed by atoms with E-state index in [0.29, 0.717) is 6.54 Å². The summed E-state index contributed by atoms with van der Waals surface area (Å²) >= 11 is 0. The zero-order valence-corrected chi connectivity index (χ0v) is 11.2. The average Bonchev–Trinajstić information content (AvgIpc) is 2.85. The zero-order valence-electron chi connectivity index (χ0n) is 11.2. The maximum Gasteiger partial charge on any atom is 0.126 e. The summed E-state index contributed by atoms with van der Waals surface area (Å²) in [5.41, 5.74) is 3.51. The Kier molecular flexibility index (Phi) is 3.69. The number of quaternary nitrogens is 1. The van der Waals surface area contributed by atoms with E-state index in [1.165, 1.54) is 16.3 Å². The maximum atomic E-state index is 9.33. The molecule has 3 aromatic rings. The van der Waals surface area contributed by atoms with Crippen LogP contribution in [0, 0.1) is 0 Å². The highest BCUT2D eigenvalue weighted by Crippen LogP contribution is 2.25. The number of para-hydroxylation sites is 1. The normalized spacial score (nSPS) is 13.1. The number of hydrogen-bond acceptors (Lipinski definition) is 2. The number of aliphatic hydroxyl groups is 2. The van der Waals surface area contributed by atoms with Crippen LogP contribution in [0.5, 0.6) is 0 Å². The molecule has 0 aliphatic rings. The highest BCUT2D eigenvalue weighted by Gasteiger charge is 2.07. The standard InChI is InChI=1S/C16H18N2O2/c19-10-12(20)9-17-8-11-5-6-16-14(7-11)13-3-1-2-4-15(13)18-16/h1-7,12,17-20H,8-10H2/p+1/t12-/m1/s1. The van der Waals surface area contributed by atoms with Gasteiger partial charge in [0.15, 0.2) is 0 Å². The molecule has 0 spiro atoms. The van der Waals surface area contributed by atoms with Crippen molar-refractivity contribution < 1.29 is 15.5 Å². The van der Waals surface area contributed by atoms with E-state index in [-0.39, 0.29) is 6.61 Å². The number of rotatable bonds is 5. The number of fused-ring (bicyclic) bond motifs is 3. The minimum atomic E-state index is -0.646. The minimum absolute atomic E-state index is 0.183. The second kappa shape index (κ2) is 5.63. The van der Waals surface area contributed by atoms with Gasteiger partial charge in [0.2, 0.25) is 0 Å². The van der Waals surface area contributed by atoms with Crippen molar-refractivity contribution in [3.05, 3.63) is 48.0 Å². The van der Waals surface area contributed by atoms with Crippen LogP contribution in [-0.4, -0.2) is 34.5 Å². The van der Waals surface area contributed by atoms with E-state index in [0.717, 1.165) is 17.6 Å². The fraction of sp³-hybridized carbons (Fsp3) is 0.250. The molecular formula is C16H19N2O2+. The van der Waals surface area contributed by atoms with Gasteiger partial charge in [-0.1, -0.05) is 24.3 Å². The van der Waals surface area contributed by atoms with Crippen LogP contribution >= 0.6 is 0 Å². The van der Waals surface area contributed by atoms with Gasteiger partial charge in [-0.3, -0.25) is 0 Å². The van der Waals surface area contributed by atoms with Gasteiger partial charge in [-0.2, -0.15) is 0 Å². The molecule has 0 bridgehead atoms. The van der Waals surface area contributed by atoms with Crippen molar-refractivity contribution >= 4 is 21.8 Å². The summed E-state index contributed by atoms with van der Waals surface area (Å²) in [7, 11) is 0. The van der Waals surface area contributed by atoms with E-state index in [4.69, 9.17) is 5.11 Å². The first-order valence-electron chi connectivity index (χ1n) is 6.88. The van der Waals surface area contributed by atoms with Gasteiger partial charge in [0.1, 0.15) is 19.2 Å². The molecule has 0 unspecified atom stereocenters. The summed E-state index contributed by atoms with van der Waals surface area (Å²) in [5.74, 6) is 0. The monoisotopic (exact) mass is 271 g/mol. The Morgan fingerprint density at radius 1 is 1.05 bits per heavy atom. The molecule has 0 aliphatic carbocycles. The van der Waals surface area contributed by atoms with Crippen molar-refractivity contribution in [2.24, 2.45) is 0 Å². The van der Waals surface area contributed by atoms with Crippen LogP contribution in [0.4, 0.5) is 0 Å². The fourth-order valence-electron chi connectivity index (χ4n) is 2.54. The molecule has 0 fully saturated rings. The summed E-state index contributed by atoms with van der Waals surface area (Å²) in [6.07, 6.45) is -0.646. The van der Waals surface area contributed by atoms with Crippen molar-refractivity contribution in [1.82, 2.24) is 4.98 Å². The Hall–Kier alpha value is -1.88. The summed E-state index contributed by atoms with van der Waals surface area (Å²) in [6.45, 7) is 1.13. The molecule has 3 rings (SSSR count). The molecule has 20 heavy (non-hydrogen) atoms. The van der Waals surface area contributed by atoms with Crippen LogP contribution in [0.1, 0.15) is 5.56 Å². The highest BCUT2D eigenvalue weighted by molar-refractivity contribution is 6.07. The van der Waals surface area contributed by atoms with Gasteiger partial charge in [0, 0.05) is 27.4 Å². The largest absolute Gasteiger partial charge is 0.393 e. The Labute approximate surface area is 117 Å².